The van der Waals surface area contributed by atoms with Crippen LogP contribution >= 0.6 is 0 Å². The Labute approximate surface area is 146 Å². The molecular formula is C22H20N2O. The van der Waals surface area contributed by atoms with E-state index in [2.05, 4.69) is 46.4 Å². The average Bonchev–Trinajstić information content (AvgIpc) is 3.08. The fraction of sp³-hybridized carbons (Fsp3) is 0.136. The van der Waals surface area contributed by atoms with Crippen LogP contribution in [0.1, 0.15) is 16.8 Å². The van der Waals surface area contributed by atoms with Crippen LogP contribution in [0, 0.1) is 0 Å². The number of nitrogens with one attached hydrogen (secondary N) is 1. The Kier molecular flexibility index (Phi) is 4.21. The lowest BCUT2D eigenvalue weighted by molar-refractivity contribution is 0.0954. The second-order valence-electron chi connectivity index (χ2n) is 6.20. The molecule has 0 spiro atoms. The van der Waals surface area contributed by atoms with Gasteiger partial charge in [0.15, 0.2) is 0 Å². The van der Waals surface area contributed by atoms with Gasteiger partial charge in [-0.1, -0.05) is 54.6 Å². The molecule has 0 atom stereocenters. The van der Waals surface area contributed by atoms with E-state index in [0.29, 0.717) is 6.54 Å². The minimum Gasteiger partial charge on any atom is -0.352 e. The zero-order valence-corrected chi connectivity index (χ0v) is 14.0. The summed E-state index contributed by atoms with van der Waals surface area (Å²) in [7, 11) is 0. The largest absolute Gasteiger partial charge is 0.352 e. The molecule has 0 aliphatic rings. The van der Waals surface area contributed by atoms with Crippen molar-refractivity contribution in [3.8, 4) is 0 Å². The molecule has 124 valence electrons. The Morgan fingerprint density at radius 1 is 0.840 bits per heavy atom. The SMILES string of the molecule is O=C(NCCCn1ccc2ccccc21)c1cccc2ccccc12. The van der Waals surface area contributed by atoms with Crippen LogP contribution in [0.4, 0.5) is 0 Å². The number of para-hydroxylation sites is 1. The summed E-state index contributed by atoms with van der Waals surface area (Å²) in [5, 5.41) is 6.39. The molecule has 0 bridgehead atoms. The van der Waals surface area contributed by atoms with Crippen LogP contribution in [0.2, 0.25) is 0 Å². The molecule has 0 saturated carbocycles. The zero-order chi connectivity index (χ0) is 17.1. The lowest BCUT2D eigenvalue weighted by atomic mass is 10.0. The molecule has 25 heavy (non-hydrogen) atoms. The van der Waals surface area contributed by atoms with Crippen LogP contribution < -0.4 is 5.32 Å². The molecule has 3 nitrogen and oxygen atoms in total. The normalized spacial score (nSPS) is 11.0. The number of nitrogens with zero attached hydrogens (tertiary/aromatic N) is 1. The summed E-state index contributed by atoms with van der Waals surface area (Å²) in [5.74, 6) is -0.00540. The fourth-order valence-corrected chi connectivity index (χ4v) is 3.31. The number of aryl methyl sites for hydroxylation is 1. The van der Waals surface area contributed by atoms with Crippen molar-refractivity contribution in [2.45, 2.75) is 13.0 Å². The molecule has 3 heteroatoms. The molecule has 0 saturated heterocycles. The van der Waals surface area contributed by atoms with E-state index in [1.54, 1.807) is 0 Å². The van der Waals surface area contributed by atoms with Gasteiger partial charge in [0.1, 0.15) is 0 Å². The molecule has 0 aliphatic heterocycles. The standard InChI is InChI=1S/C22H20N2O/c25-22(20-11-5-9-17-7-1-3-10-19(17)20)23-14-6-15-24-16-13-18-8-2-4-12-21(18)24/h1-5,7-13,16H,6,14-15H2,(H,23,25). The number of aromatic nitrogens is 1. The summed E-state index contributed by atoms with van der Waals surface area (Å²) >= 11 is 0. The number of rotatable bonds is 5. The van der Waals surface area contributed by atoms with Gasteiger partial charge in [-0.3, -0.25) is 4.79 Å². The molecular weight excluding hydrogens is 308 g/mol. The maximum absolute atomic E-state index is 12.5. The highest BCUT2D eigenvalue weighted by molar-refractivity contribution is 6.06. The van der Waals surface area contributed by atoms with Gasteiger partial charge in [-0.25, -0.2) is 0 Å². The molecule has 0 unspecified atom stereocenters. The number of benzene rings is 3. The molecule has 0 radical (unpaired) electrons. The molecule has 0 aliphatic carbocycles. The first-order valence-corrected chi connectivity index (χ1v) is 8.63. The van der Waals surface area contributed by atoms with E-state index >= 15 is 0 Å². The first kappa shape index (κ1) is 15.5. The van der Waals surface area contributed by atoms with Gasteiger partial charge in [0.05, 0.1) is 0 Å². The number of hydrogen-bond acceptors (Lipinski definition) is 1. The second kappa shape index (κ2) is 6.81. The van der Waals surface area contributed by atoms with Gasteiger partial charge in [-0.05, 0) is 40.8 Å². The zero-order valence-electron chi connectivity index (χ0n) is 14.0. The third-order valence-corrected chi connectivity index (χ3v) is 4.58. The third kappa shape index (κ3) is 3.13. The van der Waals surface area contributed by atoms with E-state index in [1.807, 2.05) is 42.5 Å². The quantitative estimate of drug-likeness (QED) is 0.533. The van der Waals surface area contributed by atoms with E-state index in [0.717, 1.165) is 29.3 Å². The summed E-state index contributed by atoms with van der Waals surface area (Å²) in [6.45, 7) is 1.55. The van der Waals surface area contributed by atoms with Crippen molar-refractivity contribution in [1.82, 2.24) is 9.88 Å². The van der Waals surface area contributed by atoms with E-state index in [-0.39, 0.29) is 5.91 Å². The number of carbonyl (C=O) groups excluding carboxylic acids is 1. The smallest absolute Gasteiger partial charge is 0.251 e. The number of hydrogen-bond donors (Lipinski definition) is 1. The second-order valence-corrected chi connectivity index (χ2v) is 6.20. The summed E-state index contributed by atoms with van der Waals surface area (Å²) in [4.78, 5) is 12.5. The van der Waals surface area contributed by atoms with Gasteiger partial charge in [0.2, 0.25) is 0 Å². The van der Waals surface area contributed by atoms with Crippen molar-refractivity contribution < 1.29 is 4.79 Å². The minimum atomic E-state index is -0.00540. The lowest BCUT2D eigenvalue weighted by Gasteiger charge is -2.09. The number of fused-ring (bicyclic) bond motifs is 2. The molecule has 1 aromatic heterocycles. The first-order valence-electron chi connectivity index (χ1n) is 8.63. The van der Waals surface area contributed by atoms with Gasteiger partial charge >= 0.3 is 0 Å². The number of carbonyl (C=O) groups is 1. The molecule has 1 heterocycles. The predicted molar refractivity (Wildman–Crippen MR) is 103 cm³/mol. The number of amides is 1. The van der Waals surface area contributed by atoms with Crippen molar-refractivity contribution in [2.24, 2.45) is 0 Å². The monoisotopic (exact) mass is 328 g/mol. The Hall–Kier alpha value is -3.07. The van der Waals surface area contributed by atoms with E-state index < -0.39 is 0 Å². The summed E-state index contributed by atoms with van der Waals surface area (Å²) in [5.41, 5.74) is 1.98. The average molecular weight is 328 g/mol. The lowest BCUT2D eigenvalue weighted by Crippen LogP contribution is -2.25. The van der Waals surface area contributed by atoms with Crippen LogP contribution in [-0.2, 0) is 6.54 Å². The fourth-order valence-electron chi connectivity index (χ4n) is 3.31. The molecule has 3 aromatic carbocycles. The van der Waals surface area contributed by atoms with Crippen LogP contribution in [0.5, 0.6) is 0 Å². The van der Waals surface area contributed by atoms with E-state index in [9.17, 15) is 4.79 Å². The van der Waals surface area contributed by atoms with Gasteiger partial charge in [0.25, 0.3) is 5.91 Å². The minimum absolute atomic E-state index is 0.00540. The van der Waals surface area contributed by atoms with Gasteiger partial charge in [-0.15, -0.1) is 0 Å². The first-order chi connectivity index (χ1) is 12.3. The van der Waals surface area contributed by atoms with Crippen LogP contribution in [-0.4, -0.2) is 17.0 Å². The van der Waals surface area contributed by atoms with Crippen LogP contribution in [0.3, 0.4) is 0 Å². The molecule has 4 aromatic rings. The maximum Gasteiger partial charge on any atom is 0.251 e. The van der Waals surface area contributed by atoms with Crippen LogP contribution in [0.25, 0.3) is 21.7 Å². The highest BCUT2D eigenvalue weighted by atomic mass is 16.1. The van der Waals surface area contributed by atoms with Crippen LogP contribution in [0.15, 0.2) is 79.0 Å². The van der Waals surface area contributed by atoms with Gasteiger partial charge in [0, 0.05) is 30.4 Å². The maximum atomic E-state index is 12.5. The van der Waals surface area contributed by atoms with Crippen molar-refractivity contribution in [3.63, 3.8) is 0 Å². The van der Waals surface area contributed by atoms with Crippen molar-refractivity contribution >= 4 is 27.6 Å². The van der Waals surface area contributed by atoms with Gasteiger partial charge in [-0.2, -0.15) is 0 Å². The molecule has 1 N–H and O–H groups in total. The van der Waals surface area contributed by atoms with E-state index in [4.69, 9.17) is 0 Å². The Balaban J connectivity index is 1.39. The predicted octanol–water partition coefficient (Wildman–Crippen LogP) is 4.61. The molecule has 0 fully saturated rings. The van der Waals surface area contributed by atoms with Crippen molar-refractivity contribution in [2.75, 3.05) is 6.54 Å². The Morgan fingerprint density at radius 3 is 2.52 bits per heavy atom. The topological polar surface area (TPSA) is 34.0 Å². The Morgan fingerprint density at radius 2 is 1.60 bits per heavy atom. The Bertz CT molecular complexity index is 1030. The highest BCUT2D eigenvalue weighted by Gasteiger charge is 2.08. The molecule has 1 amide bonds. The van der Waals surface area contributed by atoms with Crippen molar-refractivity contribution in [3.05, 3.63) is 84.6 Å². The van der Waals surface area contributed by atoms with Gasteiger partial charge < -0.3 is 9.88 Å². The highest BCUT2D eigenvalue weighted by Crippen LogP contribution is 2.18. The van der Waals surface area contributed by atoms with E-state index in [1.165, 1.54) is 10.9 Å². The van der Waals surface area contributed by atoms with Crippen molar-refractivity contribution in [1.29, 1.82) is 0 Å². The summed E-state index contributed by atoms with van der Waals surface area (Å²) in [6, 6.07) is 24.3. The third-order valence-electron chi connectivity index (χ3n) is 4.58. The summed E-state index contributed by atoms with van der Waals surface area (Å²) in [6.07, 6.45) is 3.01. The molecule has 4 rings (SSSR count). The summed E-state index contributed by atoms with van der Waals surface area (Å²) < 4.78 is 2.24.